The van der Waals surface area contributed by atoms with Gasteiger partial charge in [0.05, 0.1) is 43.7 Å². The quantitative estimate of drug-likeness (QED) is 0.203. The molecule has 4 heterocycles. The lowest BCUT2D eigenvalue weighted by Crippen LogP contribution is -2.62. The molecule has 0 aromatic rings. The standard InChI is InChI=1S/C38H60O13/c1-16-14-47-38(13-24(16)39)17(2)28-26(51-38)12-23-21-7-6-19-10-20(11-27(41)37(19,5)22(21)8-9-36(23,28)4)49-35-33(30(43)25(40)15-46-35)50-34-32(45)31(44)29(42)18(3)48-34/h6,16-18,20-35,39-45H,7-15H2,1-5H3. The summed E-state index contributed by atoms with van der Waals surface area (Å²) in [7, 11) is 0. The van der Waals surface area contributed by atoms with Crippen molar-refractivity contribution >= 4 is 0 Å². The molecule has 13 heteroatoms. The van der Waals surface area contributed by atoms with E-state index in [9.17, 15) is 35.7 Å². The van der Waals surface area contributed by atoms with Crippen molar-refractivity contribution in [2.45, 2.75) is 165 Å². The second kappa shape index (κ2) is 13.2. The van der Waals surface area contributed by atoms with E-state index in [0.29, 0.717) is 49.5 Å². The normalized spacial score (nSPS) is 59.8. The summed E-state index contributed by atoms with van der Waals surface area (Å²) >= 11 is 0. The molecule has 51 heavy (non-hydrogen) atoms. The Morgan fingerprint density at radius 1 is 0.824 bits per heavy atom. The number of aliphatic hydroxyl groups is 7. The van der Waals surface area contributed by atoms with Crippen molar-refractivity contribution in [1.29, 1.82) is 0 Å². The number of rotatable bonds is 4. The first-order valence-corrected chi connectivity index (χ1v) is 19.4. The molecule has 4 aliphatic carbocycles. The summed E-state index contributed by atoms with van der Waals surface area (Å²) in [4.78, 5) is 0. The molecular weight excluding hydrogens is 664 g/mol. The van der Waals surface area contributed by atoms with Crippen molar-refractivity contribution in [3.8, 4) is 0 Å². The van der Waals surface area contributed by atoms with Crippen LogP contribution in [0.2, 0.25) is 0 Å². The third-order valence-electron chi connectivity index (χ3n) is 15.4. The maximum Gasteiger partial charge on any atom is 0.187 e. The highest BCUT2D eigenvalue weighted by Gasteiger charge is 2.69. The molecule has 0 aromatic heterocycles. The van der Waals surface area contributed by atoms with E-state index in [4.69, 9.17) is 28.4 Å². The summed E-state index contributed by atoms with van der Waals surface area (Å²) < 4.78 is 37.0. The average molecular weight is 725 g/mol. The summed E-state index contributed by atoms with van der Waals surface area (Å²) in [6.07, 6.45) is -5.63. The van der Waals surface area contributed by atoms with Crippen LogP contribution in [0.1, 0.15) is 79.6 Å². The van der Waals surface area contributed by atoms with Gasteiger partial charge in [-0.3, -0.25) is 0 Å². The van der Waals surface area contributed by atoms with Crippen molar-refractivity contribution in [3.63, 3.8) is 0 Å². The van der Waals surface area contributed by atoms with Gasteiger partial charge in [-0.1, -0.05) is 39.3 Å². The molecule has 7 fully saturated rings. The van der Waals surface area contributed by atoms with E-state index < -0.39 is 84.8 Å². The molecule has 0 bridgehead atoms. The van der Waals surface area contributed by atoms with Gasteiger partial charge in [-0.15, -0.1) is 0 Å². The molecule has 0 amide bonds. The molecule has 8 rings (SSSR count). The predicted octanol–water partition coefficient (Wildman–Crippen LogP) is 0.971. The zero-order valence-corrected chi connectivity index (χ0v) is 30.5. The third-order valence-corrected chi connectivity index (χ3v) is 15.4. The molecule has 7 N–H and O–H groups in total. The molecule has 1 spiro atoms. The SMILES string of the molecule is CC1COC2(CC1O)OC1CC3C4CC=C5CC(OC6OCC(O)C(O)C6OC6OC(C)C(O)C(O)C6O)CC(O)C5(C)C4CCC3(C)C1C2C. The van der Waals surface area contributed by atoms with Gasteiger partial charge >= 0.3 is 0 Å². The van der Waals surface area contributed by atoms with Crippen LogP contribution in [0.3, 0.4) is 0 Å². The van der Waals surface area contributed by atoms with E-state index in [1.54, 1.807) is 0 Å². The minimum Gasteiger partial charge on any atom is -0.393 e. The van der Waals surface area contributed by atoms with Gasteiger partial charge in [-0.05, 0) is 68.1 Å². The zero-order chi connectivity index (χ0) is 36.4. The minimum atomic E-state index is -1.61. The van der Waals surface area contributed by atoms with Gasteiger partial charge in [-0.2, -0.15) is 0 Å². The largest absolute Gasteiger partial charge is 0.393 e. The number of aliphatic hydroxyl groups excluding tert-OH is 7. The molecule has 13 nitrogen and oxygen atoms in total. The Balaban J connectivity index is 0.968. The highest BCUT2D eigenvalue weighted by molar-refractivity contribution is 5.28. The Hall–Kier alpha value is -0.780. The fraction of sp³-hybridized carbons (Fsp3) is 0.947. The lowest BCUT2D eigenvalue weighted by molar-refractivity contribution is -0.358. The molecule has 3 saturated carbocycles. The maximum atomic E-state index is 12.0. The van der Waals surface area contributed by atoms with Gasteiger partial charge in [-0.25, -0.2) is 0 Å². The second-order valence-corrected chi connectivity index (χ2v) is 18.0. The number of fused-ring (bicyclic) bond motifs is 7. The van der Waals surface area contributed by atoms with Gasteiger partial charge in [0.15, 0.2) is 18.4 Å². The van der Waals surface area contributed by atoms with E-state index in [1.165, 1.54) is 12.5 Å². The van der Waals surface area contributed by atoms with Crippen LogP contribution in [-0.4, -0.2) is 134 Å². The Morgan fingerprint density at radius 2 is 1.59 bits per heavy atom. The van der Waals surface area contributed by atoms with Crippen LogP contribution < -0.4 is 0 Å². The Morgan fingerprint density at radius 3 is 2.33 bits per heavy atom. The third kappa shape index (κ3) is 5.66. The maximum absolute atomic E-state index is 12.0. The van der Waals surface area contributed by atoms with E-state index in [2.05, 4.69) is 26.8 Å². The first-order valence-electron chi connectivity index (χ1n) is 19.4. The Kier molecular flexibility index (Phi) is 9.60. The van der Waals surface area contributed by atoms with Crippen LogP contribution in [0.25, 0.3) is 0 Å². The lowest BCUT2D eigenvalue weighted by atomic mass is 9.46. The zero-order valence-electron chi connectivity index (χ0n) is 30.5. The van der Waals surface area contributed by atoms with Crippen LogP contribution in [-0.2, 0) is 28.4 Å². The molecule has 8 aliphatic rings. The van der Waals surface area contributed by atoms with Gasteiger partial charge in [0.2, 0.25) is 0 Å². The summed E-state index contributed by atoms with van der Waals surface area (Å²) in [5, 5.41) is 75.1. The number of allylic oxidation sites excluding steroid dienone is 1. The van der Waals surface area contributed by atoms with Crippen molar-refractivity contribution in [3.05, 3.63) is 11.6 Å². The van der Waals surface area contributed by atoms with Crippen molar-refractivity contribution in [2.24, 2.45) is 46.3 Å². The number of hydrogen-bond acceptors (Lipinski definition) is 13. The summed E-state index contributed by atoms with van der Waals surface area (Å²) in [5.41, 5.74) is 0.829. The van der Waals surface area contributed by atoms with Crippen LogP contribution >= 0.6 is 0 Å². The van der Waals surface area contributed by atoms with Gasteiger partial charge < -0.3 is 64.2 Å². The first-order chi connectivity index (χ1) is 24.1. The van der Waals surface area contributed by atoms with Crippen molar-refractivity contribution in [2.75, 3.05) is 13.2 Å². The average Bonchev–Trinajstić information content (AvgIpc) is 3.53. The predicted molar refractivity (Wildman–Crippen MR) is 178 cm³/mol. The van der Waals surface area contributed by atoms with Crippen LogP contribution in [0, 0.1) is 46.3 Å². The topological polar surface area (TPSA) is 197 Å². The first kappa shape index (κ1) is 37.2. The fourth-order valence-corrected chi connectivity index (χ4v) is 12.3. The monoisotopic (exact) mass is 724 g/mol. The van der Waals surface area contributed by atoms with Crippen LogP contribution in [0.5, 0.6) is 0 Å². The smallest absolute Gasteiger partial charge is 0.187 e. The van der Waals surface area contributed by atoms with Crippen molar-refractivity contribution in [1.82, 2.24) is 0 Å². The van der Waals surface area contributed by atoms with Gasteiger partial charge in [0, 0.05) is 30.1 Å². The molecule has 0 radical (unpaired) electrons. The second-order valence-electron chi connectivity index (χ2n) is 18.0. The van der Waals surface area contributed by atoms with E-state index in [1.807, 2.05) is 6.92 Å². The summed E-state index contributed by atoms with van der Waals surface area (Å²) in [5.74, 6) is 1.10. The molecule has 0 aromatic carbocycles. The van der Waals surface area contributed by atoms with Crippen molar-refractivity contribution < 1.29 is 64.2 Å². The Labute approximate surface area is 300 Å². The minimum absolute atomic E-state index is 0.0827. The molecule has 290 valence electrons. The van der Waals surface area contributed by atoms with Gasteiger partial charge in [0.25, 0.3) is 0 Å². The number of hydrogen-bond donors (Lipinski definition) is 7. The summed E-state index contributed by atoms with van der Waals surface area (Å²) in [6.45, 7) is 10.8. The highest BCUT2D eigenvalue weighted by Crippen LogP contribution is 2.70. The molecule has 22 atom stereocenters. The molecular formula is C38H60O13. The summed E-state index contributed by atoms with van der Waals surface area (Å²) in [6, 6.07) is 0. The van der Waals surface area contributed by atoms with E-state index in [-0.39, 0.29) is 30.0 Å². The van der Waals surface area contributed by atoms with Crippen LogP contribution in [0.4, 0.5) is 0 Å². The molecule has 22 unspecified atom stereocenters. The lowest BCUT2D eigenvalue weighted by Gasteiger charge is -2.60. The van der Waals surface area contributed by atoms with E-state index >= 15 is 0 Å². The molecule has 4 aliphatic heterocycles. The Bertz CT molecular complexity index is 1330. The fourth-order valence-electron chi connectivity index (χ4n) is 12.3. The van der Waals surface area contributed by atoms with E-state index in [0.717, 1.165) is 25.7 Å². The van der Waals surface area contributed by atoms with Gasteiger partial charge in [0.1, 0.15) is 36.6 Å². The van der Waals surface area contributed by atoms with Crippen LogP contribution in [0.15, 0.2) is 11.6 Å². The highest BCUT2D eigenvalue weighted by atomic mass is 16.8. The molecule has 4 saturated heterocycles. The number of ether oxygens (including phenoxy) is 6.